The summed E-state index contributed by atoms with van der Waals surface area (Å²) in [6.07, 6.45) is -0.418. The number of aliphatic hydroxyl groups is 1. The van der Waals surface area contributed by atoms with E-state index in [9.17, 15) is 14.7 Å². The molecule has 2 saturated heterocycles. The van der Waals surface area contributed by atoms with Crippen LogP contribution in [-0.2, 0) is 19.0 Å². The molecule has 0 radical (unpaired) electrons. The highest BCUT2D eigenvalue weighted by molar-refractivity contribution is 5.89. The maximum Gasteiger partial charge on any atom is 0.338 e. The third kappa shape index (κ3) is 2.13. The molecule has 1 aromatic rings. The second-order valence-electron chi connectivity index (χ2n) is 6.70. The minimum atomic E-state index is -1.42. The molecule has 5 atom stereocenters. The number of Topliss-reactive ketones (excluding diaryl/α,β-unsaturated/α-hetero) is 1. The number of rotatable bonds is 3. The summed E-state index contributed by atoms with van der Waals surface area (Å²) in [6, 6.07) is 8.67. The van der Waals surface area contributed by atoms with Gasteiger partial charge >= 0.3 is 5.97 Å². The molecule has 1 aromatic carbocycles. The molecule has 0 aromatic heterocycles. The fraction of sp³-hybridized carbons (Fsp3) is 0.529. The molecule has 6 nitrogen and oxygen atoms in total. The lowest BCUT2D eigenvalue weighted by Gasteiger charge is -2.44. The van der Waals surface area contributed by atoms with Crippen molar-refractivity contribution in [1.29, 1.82) is 0 Å². The van der Waals surface area contributed by atoms with Crippen molar-refractivity contribution in [1.82, 2.24) is 0 Å². The Morgan fingerprint density at radius 3 is 2.83 bits per heavy atom. The fourth-order valence-corrected chi connectivity index (χ4v) is 3.79. The molecule has 3 fully saturated rings. The number of carbonyl (C=O) groups is 2. The van der Waals surface area contributed by atoms with Crippen LogP contribution < -0.4 is 0 Å². The summed E-state index contributed by atoms with van der Waals surface area (Å²) < 4.78 is 16.8. The smallest absolute Gasteiger partial charge is 0.338 e. The summed E-state index contributed by atoms with van der Waals surface area (Å²) >= 11 is 0. The Balaban J connectivity index is 1.50. The van der Waals surface area contributed by atoms with E-state index >= 15 is 0 Å². The highest BCUT2D eigenvalue weighted by Gasteiger charge is 2.69. The third-order valence-corrected chi connectivity index (χ3v) is 5.22. The minimum Gasteiger partial charge on any atom is -0.462 e. The van der Waals surface area contributed by atoms with E-state index in [-0.39, 0.29) is 31.1 Å². The van der Waals surface area contributed by atoms with Crippen LogP contribution in [0.1, 0.15) is 30.1 Å². The molecule has 2 heterocycles. The highest BCUT2D eigenvalue weighted by Crippen LogP contribution is 2.56. The molecule has 23 heavy (non-hydrogen) atoms. The lowest BCUT2D eigenvalue weighted by molar-refractivity contribution is -0.271. The first-order valence-corrected chi connectivity index (χ1v) is 7.75. The van der Waals surface area contributed by atoms with Gasteiger partial charge in [0.2, 0.25) is 0 Å². The molecule has 1 saturated carbocycles. The first-order valence-electron chi connectivity index (χ1n) is 7.75. The van der Waals surface area contributed by atoms with E-state index in [0.717, 1.165) is 0 Å². The maximum absolute atomic E-state index is 12.3. The Morgan fingerprint density at radius 2 is 2.09 bits per heavy atom. The van der Waals surface area contributed by atoms with Gasteiger partial charge in [-0.25, -0.2) is 4.79 Å². The summed E-state index contributed by atoms with van der Waals surface area (Å²) in [7, 11) is 0. The molecule has 3 aliphatic rings. The second-order valence-corrected chi connectivity index (χ2v) is 6.70. The van der Waals surface area contributed by atoms with Crippen molar-refractivity contribution in [3.63, 3.8) is 0 Å². The van der Waals surface area contributed by atoms with Crippen molar-refractivity contribution in [2.24, 2.45) is 11.8 Å². The standard InChI is InChI=1S/C17H18O6/c1-16-8-13(18)11-7-17(16,20)23-15(22-16)12(11)9-21-14(19)10-5-3-2-4-6-10/h2-6,11-12,15,20H,7-9H2,1H3/t11-,12?,15-,16+,17-/m1/s1. The van der Waals surface area contributed by atoms with Gasteiger partial charge in [-0.3, -0.25) is 4.79 Å². The predicted molar refractivity (Wildman–Crippen MR) is 77.3 cm³/mol. The van der Waals surface area contributed by atoms with Gasteiger partial charge in [0.05, 0.1) is 11.5 Å². The summed E-state index contributed by atoms with van der Waals surface area (Å²) in [4.78, 5) is 24.4. The molecule has 0 spiro atoms. The first-order chi connectivity index (χ1) is 10.9. The summed E-state index contributed by atoms with van der Waals surface area (Å²) in [5.41, 5.74) is -0.556. The Kier molecular flexibility index (Phi) is 3.13. The summed E-state index contributed by atoms with van der Waals surface area (Å²) in [5.74, 6) is -2.63. The largest absolute Gasteiger partial charge is 0.462 e. The van der Waals surface area contributed by atoms with Crippen molar-refractivity contribution in [2.75, 3.05) is 6.61 Å². The van der Waals surface area contributed by atoms with E-state index < -0.39 is 29.6 Å². The highest BCUT2D eigenvalue weighted by atomic mass is 16.8. The average Bonchev–Trinajstić information content (AvgIpc) is 2.69. The minimum absolute atomic E-state index is 0.0287. The normalized spacial score (nSPS) is 41.1. The molecule has 1 N–H and O–H groups in total. The van der Waals surface area contributed by atoms with E-state index in [4.69, 9.17) is 14.2 Å². The SMILES string of the molecule is C[C@]12CC(=O)[C@@H]3C[C@@]1(O)O[C@@H](O2)C3COC(=O)c1ccccc1. The number of carbonyl (C=O) groups excluding carboxylic acids is 2. The monoisotopic (exact) mass is 318 g/mol. The van der Waals surface area contributed by atoms with Gasteiger partial charge < -0.3 is 19.3 Å². The van der Waals surface area contributed by atoms with E-state index in [1.807, 2.05) is 6.07 Å². The van der Waals surface area contributed by atoms with Gasteiger partial charge in [0, 0.05) is 18.8 Å². The van der Waals surface area contributed by atoms with Crippen molar-refractivity contribution >= 4 is 11.8 Å². The van der Waals surface area contributed by atoms with Crippen LogP contribution in [0.25, 0.3) is 0 Å². The van der Waals surface area contributed by atoms with Gasteiger partial charge in [0.25, 0.3) is 0 Å². The van der Waals surface area contributed by atoms with E-state index in [2.05, 4.69) is 0 Å². The zero-order valence-electron chi connectivity index (χ0n) is 12.7. The van der Waals surface area contributed by atoms with Gasteiger partial charge in [0.1, 0.15) is 18.0 Å². The van der Waals surface area contributed by atoms with Crippen molar-refractivity contribution in [3.8, 4) is 0 Å². The lowest BCUT2D eigenvalue weighted by atomic mass is 9.70. The number of ether oxygens (including phenoxy) is 3. The number of ketones is 1. The Morgan fingerprint density at radius 1 is 1.35 bits per heavy atom. The quantitative estimate of drug-likeness (QED) is 0.845. The van der Waals surface area contributed by atoms with Crippen LogP contribution >= 0.6 is 0 Å². The van der Waals surface area contributed by atoms with Gasteiger partial charge in [0.15, 0.2) is 12.1 Å². The van der Waals surface area contributed by atoms with Crippen LogP contribution in [-0.4, -0.2) is 41.1 Å². The number of benzene rings is 1. The van der Waals surface area contributed by atoms with Gasteiger partial charge in [-0.2, -0.15) is 0 Å². The van der Waals surface area contributed by atoms with E-state index in [1.54, 1.807) is 31.2 Å². The Labute approximate surface area is 133 Å². The topological polar surface area (TPSA) is 82.1 Å². The number of esters is 1. The molecule has 1 unspecified atom stereocenters. The number of fused-ring (bicyclic) bond motifs is 2. The molecule has 0 amide bonds. The average molecular weight is 318 g/mol. The van der Waals surface area contributed by atoms with Crippen LogP contribution in [0.15, 0.2) is 30.3 Å². The molecule has 1 aliphatic carbocycles. The molecule has 3 bridgehead atoms. The third-order valence-electron chi connectivity index (χ3n) is 5.22. The zero-order valence-corrected chi connectivity index (χ0v) is 12.7. The predicted octanol–water partition coefficient (Wildman–Crippen LogP) is 1.27. The fourth-order valence-electron chi connectivity index (χ4n) is 3.79. The molecule has 4 rings (SSSR count). The molecule has 122 valence electrons. The van der Waals surface area contributed by atoms with Crippen LogP contribution in [0.4, 0.5) is 0 Å². The molecule has 2 aliphatic heterocycles. The Bertz CT molecular complexity index is 658. The van der Waals surface area contributed by atoms with Gasteiger partial charge in [-0.05, 0) is 19.1 Å². The molecule has 6 heteroatoms. The van der Waals surface area contributed by atoms with Crippen LogP contribution in [0, 0.1) is 11.8 Å². The lowest BCUT2D eigenvalue weighted by Crippen LogP contribution is -2.59. The number of hydrogen-bond acceptors (Lipinski definition) is 6. The molecular formula is C17H18O6. The second kappa shape index (κ2) is 4.87. The van der Waals surface area contributed by atoms with Crippen molar-refractivity contribution < 1.29 is 28.9 Å². The van der Waals surface area contributed by atoms with Crippen molar-refractivity contribution in [2.45, 2.75) is 37.4 Å². The van der Waals surface area contributed by atoms with E-state index in [0.29, 0.717) is 5.56 Å². The van der Waals surface area contributed by atoms with Crippen LogP contribution in [0.2, 0.25) is 0 Å². The first kappa shape index (κ1) is 14.8. The van der Waals surface area contributed by atoms with Gasteiger partial charge in [-0.15, -0.1) is 0 Å². The van der Waals surface area contributed by atoms with Crippen molar-refractivity contribution in [3.05, 3.63) is 35.9 Å². The Hall–Kier alpha value is -1.76. The summed E-state index contributed by atoms with van der Waals surface area (Å²) in [5, 5.41) is 10.6. The van der Waals surface area contributed by atoms with Crippen LogP contribution in [0.3, 0.4) is 0 Å². The molecular weight excluding hydrogens is 300 g/mol. The number of hydrogen-bond donors (Lipinski definition) is 1. The van der Waals surface area contributed by atoms with E-state index in [1.165, 1.54) is 0 Å². The van der Waals surface area contributed by atoms with Crippen LogP contribution in [0.5, 0.6) is 0 Å². The van der Waals surface area contributed by atoms with Gasteiger partial charge in [-0.1, -0.05) is 18.2 Å². The maximum atomic E-state index is 12.3. The summed E-state index contributed by atoms with van der Waals surface area (Å²) in [6.45, 7) is 1.72. The zero-order chi connectivity index (χ0) is 16.2.